The van der Waals surface area contributed by atoms with E-state index < -0.39 is 0 Å². The lowest BCUT2D eigenvalue weighted by Crippen LogP contribution is -2.19. The Labute approximate surface area is 85.4 Å². The Morgan fingerprint density at radius 1 is 1.13 bits per heavy atom. The summed E-state index contributed by atoms with van der Waals surface area (Å²) in [4.78, 5) is 23.3. The van der Waals surface area contributed by atoms with Crippen molar-refractivity contribution >= 4 is 11.0 Å². The summed E-state index contributed by atoms with van der Waals surface area (Å²) in [5, 5.41) is 0.943. The van der Waals surface area contributed by atoms with Crippen LogP contribution in [0.2, 0.25) is 0 Å². The fourth-order valence-electron chi connectivity index (χ4n) is 2.28. The topological polar surface area (TPSA) is 44.0 Å². The quantitative estimate of drug-likeness (QED) is 0.632. The molecule has 0 saturated heterocycles. The van der Waals surface area contributed by atoms with E-state index >= 15 is 0 Å². The van der Waals surface area contributed by atoms with Gasteiger partial charge in [-0.05, 0) is 19.1 Å². The monoisotopic (exact) mass is 202 g/mol. The molecule has 15 heavy (non-hydrogen) atoms. The molecule has 0 fully saturated rings. The molecule has 0 amide bonds. The molecule has 2 aromatic heterocycles. The van der Waals surface area contributed by atoms with E-state index in [0.717, 1.165) is 11.0 Å². The van der Waals surface area contributed by atoms with Crippen molar-refractivity contribution in [2.45, 2.75) is 19.5 Å². The van der Waals surface area contributed by atoms with Crippen LogP contribution < -0.4 is 11.1 Å². The molecule has 0 bridgehead atoms. The molecular weight excluding hydrogens is 192 g/mol. The predicted molar refractivity (Wildman–Crippen MR) is 57.2 cm³/mol. The molecule has 0 spiro atoms. The van der Waals surface area contributed by atoms with Crippen molar-refractivity contribution < 1.29 is 0 Å². The first-order valence-corrected chi connectivity index (χ1v) is 4.93. The van der Waals surface area contributed by atoms with E-state index in [9.17, 15) is 9.59 Å². The summed E-state index contributed by atoms with van der Waals surface area (Å²) in [6, 6.07) is 6.70. The average molecular weight is 202 g/mol. The summed E-state index contributed by atoms with van der Waals surface area (Å²) in [7, 11) is 0. The van der Waals surface area contributed by atoms with Gasteiger partial charge in [-0.1, -0.05) is 0 Å². The normalized spacial score (nSPS) is 18.6. The largest absolute Gasteiger partial charge is 0.292 e. The van der Waals surface area contributed by atoms with Crippen molar-refractivity contribution in [3.8, 4) is 0 Å². The van der Waals surface area contributed by atoms with Crippen LogP contribution in [0.4, 0.5) is 0 Å². The van der Waals surface area contributed by atoms with Crippen LogP contribution in [0, 0.1) is 0 Å². The summed E-state index contributed by atoms with van der Waals surface area (Å²) in [5.74, 6) is 0. The van der Waals surface area contributed by atoms with Gasteiger partial charge in [-0.15, -0.1) is 0 Å². The molecule has 4 nitrogen and oxygen atoms in total. The lowest BCUT2D eigenvalue weighted by atomic mass is 10.3. The number of hydrogen-bond acceptors (Lipinski definition) is 2. The van der Waals surface area contributed by atoms with Gasteiger partial charge in [0, 0.05) is 24.1 Å². The molecule has 1 aliphatic heterocycles. The van der Waals surface area contributed by atoms with Gasteiger partial charge in [0.15, 0.2) is 0 Å². The number of aromatic nitrogens is 2. The minimum Gasteiger partial charge on any atom is -0.292 e. The maximum atomic E-state index is 11.7. The molecular formula is C11H10N2O2. The number of nitrogens with zero attached hydrogens (tertiary/aromatic N) is 2. The minimum absolute atomic E-state index is 0.0353. The molecule has 4 heteroatoms. The highest BCUT2D eigenvalue weighted by Gasteiger charge is 2.21. The molecule has 1 atom stereocenters. The molecule has 3 heterocycles. The average Bonchev–Trinajstić information content (AvgIpc) is 2.56. The number of pyridine rings is 2. The highest BCUT2D eigenvalue weighted by molar-refractivity contribution is 5.76. The second kappa shape index (κ2) is 2.59. The predicted octanol–water partition coefficient (Wildman–Crippen LogP) is 0.738. The van der Waals surface area contributed by atoms with E-state index in [-0.39, 0.29) is 17.2 Å². The summed E-state index contributed by atoms with van der Waals surface area (Å²) in [6.07, 6.45) is 0. The molecule has 0 saturated carbocycles. The van der Waals surface area contributed by atoms with Crippen molar-refractivity contribution in [1.29, 1.82) is 0 Å². The van der Waals surface area contributed by atoms with Gasteiger partial charge >= 0.3 is 0 Å². The van der Waals surface area contributed by atoms with Crippen LogP contribution in [0.3, 0.4) is 0 Å². The first kappa shape index (κ1) is 8.47. The van der Waals surface area contributed by atoms with Gasteiger partial charge in [-0.25, -0.2) is 0 Å². The van der Waals surface area contributed by atoms with Crippen LogP contribution in [0.5, 0.6) is 0 Å². The Balaban J connectivity index is 2.65. The summed E-state index contributed by atoms with van der Waals surface area (Å²) in [5.41, 5.74) is 0.681. The van der Waals surface area contributed by atoms with Crippen molar-refractivity contribution in [2.75, 3.05) is 0 Å². The maximum Gasteiger partial charge on any atom is 0.252 e. The fourth-order valence-corrected chi connectivity index (χ4v) is 2.28. The van der Waals surface area contributed by atoms with E-state index in [1.165, 1.54) is 0 Å². The lowest BCUT2D eigenvalue weighted by Gasteiger charge is -2.05. The Kier molecular flexibility index (Phi) is 1.46. The fraction of sp³-hybridized carbons (Fsp3) is 0.273. The molecule has 76 valence electrons. The number of hydrogen-bond donors (Lipinski definition) is 0. The van der Waals surface area contributed by atoms with Crippen LogP contribution in [0.15, 0.2) is 33.9 Å². The highest BCUT2D eigenvalue weighted by Crippen LogP contribution is 2.21. The van der Waals surface area contributed by atoms with E-state index in [0.29, 0.717) is 6.54 Å². The Hall–Kier alpha value is -1.84. The van der Waals surface area contributed by atoms with Gasteiger partial charge in [-0.2, -0.15) is 0 Å². The Morgan fingerprint density at radius 2 is 1.80 bits per heavy atom. The SMILES string of the molecule is CC1Cn2c(=O)ccc3ccc(=O)n1c32. The Bertz CT molecular complexity index is 661. The third-order valence-corrected chi connectivity index (χ3v) is 2.94. The lowest BCUT2D eigenvalue weighted by molar-refractivity contribution is 0.527. The second-order valence-corrected chi connectivity index (χ2v) is 3.95. The Morgan fingerprint density at radius 3 is 2.53 bits per heavy atom. The van der Waals surface area contributed by atoms with Crippen LogP contribution >= 0.6 is 0 Å². The molecule has 0 aromatic carbocycles. The highest BCUT2D eigenvalue weighted by atomic mass is 16.1. The first-order chi connectivity index (χ1) is 7.18. The molecule has 0 aliphatic carbocycles. The van der Waals surface area contributed by atoms with Crippen molar-refractivity contribution in [3.05, 3.63) is 45.0 Å². The maximum absolute atomic E-state index is 11.7. The molecule has 0 N–H and O–H groups in total. The standard InChI is InChI=1S/C11H10N2O2/c1-7-6-12-9(14)4-2-8-3-5-10(15)13(7)11(8)12/h2-5,7H,6H2,1H3. The van der Waals surface area contributed by atoms with Gasteiger partial charge < -0.3 is 0 Å². The third kappa shape index (κ3) is 0.960. The summed E-state index contributed by atoms with van der Waals surface area (Å²) < 4.78 is 3.36. The molecule has 0 radical (unpaired) electrons. The van der Waals surface area contributed by atoms with Crippen molar-refractivity contribution in [2.24, 2.45) is 0 Å². The first-order valence-electron chi connectivity index (χ1n) is 4.93. The molecule has 1 unspecified atom stereocenters. The summed E-state index contributed by atoms with van der Waals surface area (Å²) in [6.45, 7) is 2.54. The summed E-state index contributed by atoms with van der Waals surface area (Å²) >= 11 is 0. The van der Waals surface area contributed by atoms with E-state index in [1.807, 2.05) is 6.92 Å². The van der Waals surface area contributed by atoms with Crippen LogP contribution in [0.25, 0.3) is 11.0 Å². The second-order valence-electron chi connectivity index (χ2n) is 3.95. The van der Waals surface area contributed by atoms with Gasteiger partial charge in [0.05, 0.1) is 6.04 Å². The zero-order valence-corrected chi connectivity index (χ0v) is 8.30. The molecule has 3 rings (SSSR count). The molecule has 1 aliphatic rings. The van der Waals surface area contributed by atoms with E-state index in [2.05, 4.69) is 0 Å². The van der Waals surface area contributed by atoms with Gasteiger partial charge in [0.1, 0.15) is 5.65 Å². The van der Waals surface area contributed by atoms with Crippen molar-refractivity contribution in [1.82, 2.24) is 9.13 Å². The van der Waals surface area contributed by atoms with Gasteiger partial charge in [0.25, 0.3) is 11.1 Å². The zero-order valence-electron chi connectivity index (χ0n) is 8.30. The van der Waals surface area contributed by atoms with Crippen LogP contribution in [0.1, 0.15) is 13.0 Å². The van der Waals surface area contributed by atoms with Crippen molar-refractivity contribution in [3.63, 3.8) is 0 Å². The van der Waals surface area contributed by atoms with Gasteiger partial charge in [-0.3, -0.25) is 18.7 Å². The smallest absolute Gasteiger partial charge is 0.252 e. The third-order valence-electron chi connectivity index (χ3n) is 2.94. The minimum atomic E-state index is -0.0359. The van der Waals surface area contributed by atoms with Crippen LogP contribution in [-0.4, -0.2) is 9.13 Å². The van der Waals surface area contributed by atoms with Crippen LogP contribution in [-0.2, 0) is 6.54 Å². The number of rotatable bonds is 0. The zero-order chi connectivity index (χ0) is 10.6. The van der Waals surface area contributed by atoms with E-state index in [4.69, 9.17) is 0 Å². The van der Waals surface area contributed by atoms with E-state index in [1.54, 1.807) is 33.4 Å². The molecule has 2 aromatic rings. The van der Waals surface area contributed by atoms with Gasteiger partial charge in [0.2, 0.25) is 0 Å².